The van der Waals surface area contributed by atoms with Gasteiger partial charge in [-0.15, -0.1) is 0 Å². The number of pyridine rings is 1. The number of halogens is 1. The molecule has 0 aliphatic carbocycles. The first-order valence-electron chi connectivity index (χ1n) is 7.80. The number of carbonyl (C=O) groups excluding carboxylic acids is 1. The zero-order valence-corrected chi connectivity index (χ0v) is 13.9. The monoisotopic (exact) mass is 336 g/mol. The number of nitrogens with one attached hydrogen (secondary N) is 1. The molecule has 3 aromatic rings. The molecule has 0 aliphatic rings. The van der Waals surface area contributed by atoms with Crippen LogP contribution in [0.25, 0.3) is 0 Å². The maximum atomic E-state index is 13.0. The lowest BCUT2D eigenvalue weighted by Crippen LogP contribution is -2.14. The van der Waals surface area contributed by atoms with Crippen LogP contribution in [0.15, 0.2) is 60.7 Å². The number of aryl methyl sites for hydroxylation is 2. The second-order valence-electron chi connectivity index (χ2n) is 5.66. The summed E-state index contributed by atoms with van der Waals surface area (Å²) >= 11 is 0. The minimum atomic E-state index is -0.605. The number of carbonyl (C=O) groups is 1. The van der Waals surface area contributed by atoms with Crippen LogP contribution in [0.3, 0.4) is 0 Å². The molecule has 0 unspecified atom stereocenters. The third-order valence-electron chi connectivity index (χ3n) is 3.63. The Hall–Kier alpha value is -3.21. The lowest BCUT2D eigenvalue weighted by Gasteiger charge is -2.09. The van der Waals surface area contributed by atoms with E-state index in [4.69, 9.17) is 4.74 Å². The smallest absolute Gasteiger partial charge is 0.257 e. The Morgan fingerprint density at radius 1 is 1.00 bits per heavy atom. The number of benzene rings is 2. The van der Waals surface area contributed by atoms with Crippen molar-refractivity contribution < 1.29 is 13.9 Å². The van der Waals surface area contributed by atoms with Crippen LogP contribution in [0.1, 0.15) is 21.6 Å². The lowest BCUT2D eigenvalue weighted by molar-refractivity contribution is 0.102. The van der Waals surface area contributed by atoms with Crippen LogP contribution in [-0.2, 0) is 0 Å². The van der Waals surface area contributed by atoms with Gasteiger partial charge in [0.2, 0.25) is 5.95 Å². The fraction of sp³-hybridized carbons (Fsp3) is 0.100. The Labute approximate surface area is 145 Å². The van der Waals surface area contributed by atoms with Crippen LogP contribution < -0.4 is 10.1 Å². The average Bonchev–Trinajstić information content (AvgIpc) is 2.56. The molecule has 0 fully saturated rings. The van der Waals surface area contributed by atoms with Crippen molar-refractivity contribution in [3.8, 4) is 11.5 Å². The fourth-order valence-electron chi connectivity index (χ4n) is 2.39. The topological polar surface area (TPSA) is 51.2 Å². The molecule has 25 heavy (non-hydrogen) atoms. The molecule has 126 valence electrons. The molecule has 0 saturated heterocycles. The number of ether oxygens (including phenoxy) is 1. The van der Waals surface area contributed by atoms with Gasteiger partial charge in [0.05, 0.1) is 11.3 Å². The second kappa shape index (κ2) is 7.13. The van der Waals surface area contributed by atoms with Crippen molar-refractivity contribution in [3.63, 3.8) is 0 Å². The van der Waals surface area contributed by atoms with E-state index in [0.717, 1.165) is 11.3 Å². The van der Waals surface area contributed by atoms with Gasteiger partial charge in [0, 0.05) is 5.69 Å². The highest BCUT2D eigenvalue weighted by atomic mass is 19.1. The van der Waals surface area contributed by atoms with E-state index in [2.05, 4.69) is 10.3 Å². The first-order valence-corrected chi connectivity index (χ1v) is 7.80. The Kier molecular flexibility index (Phi) is 4.75. The van der Waals surface area contributed by atoms with Crippen molar-refractivity contribution in [3.05, 3.63) is 83.4 Å². The minimum Gasteiger partial charge on any atom is -0.457 e. The van der Waals surface area contributed by atoms with Crippen molar-refractivity contribution in [2.45, 2.75) is 13.8 Å². The third kappa shape index (κ3) is 4.20. The quantitative estimate of drug-likeness (QED) is 0.691. The van der Waals surface area contributed by atoms with E-state index in [9.17, 15) is 9.18 Å². The lowest BCUT2D eigenvalue weighted by atomic mass is 10.2. The summed E-state index contributed by atoms with van der Waals surface area (Å²) in [5, 5.41) is 2.76. The van der Waals surface area contributed by atoms with Gasteiger partial charge in [-0.2, -0.15) is 4.39 Å². The SMILES string of the molecule is Cc1cccc(Oc2ccc(NC(=O)c3ccc(F)nc3C)cc2)c1. The maximum Gasteiger partial charge on any atom is 0.257 e. The number of nitrogens with zero attached hydrogens (tertiary/aromatic N) is 1. The number of hydrogen-bond donors (Lipinski definition) is 1. The van der Waals surface area contributed by atoms with E-state index in [-0.39, 0.29) is 5.91 Å². The molecule has 3 rings (SSSR count). The Balaban J connectivity index is 1.69. The highest BCUT2D eigenvalue weighted by Gasteiger charge is 2.11. The van der Waals surface area contributed by atoms with E-state index in [1.54, 1.807) is 31.2 Å². The molecule has 1 aromatic heterocycles. The average molecular weight is 336 g/mol. The first-order chi connectivity index (χ1) is 12.0. The van der Waals surface area contributed by atoms with Crippen molar-refractivity contribution >= 4 is 11.6 Å². The minimum absolute atomic E-state index is 0.335. The van der Waals surface area contributed by atoms with Gasteiger partial charge in [-0.3, -0.25) is 4.79 Å². The van der Waals surface area contributed by atoms with E-state index < -0.39 is 5.95 Å². The van der Waals surface area contributed by atoms with Crippen molar-refractivity contribution in [2.75, 3.05) is 5.32 Å². The largest absolute Gasteiger partial charge is 0.457 e. The van der Waals surface area contributed by atoms with Gasteiger partial charge >= 0.3 is 0 Å². The predicted molar refractivity (Wildman–Crippen MR) is 94.6 cm³/mol. The summed E-state index contributed by atoms with van der Waals surface area (Å²) in [5.74, 6) is 0.483. The summed E-state index contributed by atoms with van der Waals surface area (Å²) in [7, 11) is 0. The Morgan fingerprint density at radius 2 is 1.76 bits per heavy atom. The van der Waals surface area contributed by atoms with Crippen molar-refractivity contribution in [2.24, 2.45) is 0 Å². The van der Waals surface area contributed by atoms with Gasteiger partial charge in [0.25, 0.3) is 5.91 Å². The van der Waals surface area contributed by atoms with Crippen molar-refractivity contribution in [1.82, 2.24) is 4.98 Å². The number of rotatable bonds is 4. The van der Waals surface area contributed by atoms with Gasteiger partial charge in [0.1, 0.15) is 11.5 Å². The highest BCUT2D eigenvalue weighted by Crippen LogP contribution is 2.24. The van der Waals surface area contributed by atoms with Crippen molar-refractivity contribution in [1.29, 1.82) is 0 Å². The zero-order valence-electron chi connectivity index (χ0n) is 13.9. The number of hydrogen-bond acceptors (Lipinski definition) is 3. The van der Waals surface area contributed by atoms with Crippen LogP contribution in [0.5, 0.6) is 11.5 Å². The van der Waals surface area contributed by atoms with Gasteiger partial charge in [0.15, 0.2) is 0 Å². The molecule has 4 nitrogen and oxygen atoms in total. The Morgan fingerprint density at radius 3 is 2.44 bits per heavy atom. The summed E-state index contributed by atoms with van der Waals surface area (Å²) in [4.78, 5) is 15.9. The molecular formula is C20H17FN2O2. The molecule has 0 aliphatic heterocycles. The van der Waals surface area contributed by atoms with E-state index in [1.807, 2.05) is 31.2 Å². The number of anilines is 1. The van der Waals surface area contributed by atoms with Gasteiger partial charge < -0.3 is 10.1 Å². The molecular weight excluding hydrogens is 319 g/mol. The molecule has 2 aromatic carbocycles. The molecule has 1 N–H and O–H groups in total. The van der Waals surface area contributed by atoms with Crippen LogP contribution in [0.4, 0.5) is 10.1 Å². The van der Waals surface area contributed by atoms with Crippen LogP contribution >= 0.6 is 0 Å². The summed E-state index contributed by atoms with van der Waals surface area (Å²) in [6.45, 7) is 3.59. The highest BCUT2D eigenvalue weighted by molar-refractivity contribution is 6.04. The molecule has 0 spiro atoms. The van der Waals surface area contributed by atoms with Gasteiger partial charge in [-0.05, 0) is 67.9 Å². The van der Waals surface area contributed by atoms with E-state index in [1.165, 1.54) is 12.1 Å². The van der Waals surface area contributed by atoms with Crippen LogP contribution in [-0.4, -0.2) is 10.9 Å². The van der Waals surface area contributed by atoms with Gasteiger partial charge in [-0.1, -0.05) is 12.1 Å². The molecule has 0 saturated carbocycles. The molecule has 1 heterocycles. The molecule has 0 bridgehead atoms. The third-order valence-corrected chi connectivity index (χ3v) is 3.63. The molecule has 0 radical (unpaired) electrons. The number of aromatic nitrogens is 1. The molecule has 0 atom stereocenters. The number of amides is 1. The molecule has 1 amide bonds. The normalized spacial score (nSPS) is 10.4. The van der Waals surface area contributed by atoms with E-state index in [0.29, 0.717) is 22.7 Å². The summed E-state index contributed by atoms with van der Waals surface area (Å²) in [6, 6.07) is 17.4. The summed E-state index contributed by atoms with van der Waals surface area (Å²) in [6.07, 6.45) is 0. The summed E-state index contributed by atoms with van der Waals surface area (Å²) < 4.78 is 18.8. The second-order valence-corrected chi connectivity index (χ2v) is 5.66. The first kappa shape index (κ1) is 16.6. The summed E-state index contributed by atoms with van der Waals surface area (Å²) in [5.41, 5.74) is 2.41. The van der Waals surface area contributed by atoms with Crippen LogP contribution in [0, 0.1) is 19.8 Å². The van der Waals surface area contributed by atoms with Crippen LogP contribution in [0.2, 0.25) is 0 Å². The maximum absolute atomic E-state index is 13.0. The zero-order chi connectivity index (χ0) is 17.8. The standard InChI is InChI=1S/C20H17FN2O2/c1-13-4-3-5-17(12-13)25-16-8-6-15(7-9-16)23-20(24)18-10-11-19(21)22-14(18)2/h3-12H,1-2H3,(H,23,24). The predicted octanol–water partition coefficient (Wildman–Crippen LogP) is 4.88. The Bertz CT molecular complexity index is 908. The van der Waals surface area contributed by atoms with E-state index >= 15 is 0 Å². The van der Waals surface area contributed by atoms with Gasteiger partial charge in [-0.25, -0.2) is 4.98 Å². The molecule has 5 heteroatoms. The fourth-order valence-corrected chi connectivity index (χ4v) is 2.39.